The highest BCUT2D eigenvalue weighted by atomic mass is 35.5. The van der Waals surface area contributed by atoms with Crippen molar-refractivity contribution in [2.24, 2.45) is 5.92 Å². The molecule has 2 rings (SSSR count). The number of sulfonamides is 1. The van der Waals surface area contributed by atoms with Crippen LogP contribution < -0.4 is 5.32 Å². The van der Waals surface area contributed by atoms with Gasteiger partial charge < -0.3 is 10.1 Å². The van der Waals surface area contributed by atoms with E-state index in [0.29, 0.717) is 6.07 Å². The van der Waals surface area contributed by atoms with Crippen molar-refractivity contribution in [2.75, 3.05) is 31.3 Å². The monoisotopic (exact) mass is 442 g/mol. The minimum atomic E-state index is -4.72. The second-order valence-electron chi connectivity index (χ2n) is 6.28. The first kappa shape index (κ1) is 22.4. The molecule has 1 aliphatic rings. The van der Waals surface area contributed by atoms with E-state index >= 15 is 0 Å². The standard InChI is InChI=1S/C16H18ClF3N2O5S/c1-28(25,26)22-6-4-10(5-7-22)15(24)27-9-14(23)21-13-3-2-11(17)8-12(13)16(18,19)20/h2-3,8,10H,4-7,9H2,1H3,(H,21,23). The Hall–Kier alpha value is -1.85. The van der Waals surface area contributed by atoms with Gasteiger partial charge in [-0.3, -0.25) is 9.59 Å². The molecule has 0 aliphatic carbocycles. The molecule has 0 saturated carbocycles. The van der Waals surface area contributed by atoms with E-state index in [4.69, 9.17) is 16.3 Å². The predicted molar refractivity (Wildman–Crippen MR) is 95.2 cm³/mol. The summed E-state index contributed by atoms with van der Waals surface area (Å²) in [5, 5.41) is 1.91. The van der Waals surface area contributed by atoms with Gasteiger partial charge >= 0.3 is 12.1 Å². The zero-order valence-corrected chi connectivity index (χ0v) is 16.3. The number of hydrogen-bond acceptors (Lipinski definition) is 5. The first-order valence-corrected chi connectivity index (χ1v) is 10.4. The Labute approximate surface area is 164 Å². The molecule has 7 nitrogen and oxygen atoms in total. The summed E-state index contributed by atoms with van der Waals surface area (Å²) < 4.78 is 68.0. The number of esters is 1. The number of carbonyl (C=O) groups excluding carboxylic acids is 2. The van der Waals surface area contributed by atoms with Crippen LogP contribution in [0.3, 0.4) is 0 Å². The third-order valence-electron chi connectivity index (χ3n) is 4.16. The first-order valence-electron chi connectivity index (χ1n) is 8.16. The van der Waals surface area contributed by atoms with Crippen LogP contribution in [0.25, 0.3) is 0 Å². The lowest BCUT2D eigenvalue weighted by Gasteiger charge is -2.28. The number of anilines is 1. The zero-order chi connectivity index (χ0) is 21.1. The molecule has 1 aromatic rings. The summed E-state index contributed by atoms with van der Waals surface area (Å²) in [5.74, 6) is -2.21. The molecule has 0 aromatic heterocycles. The van der Waals surface area contributed by atoms with Crippen molar-refractivity contribution in [1.29, 1.82) is 0 Å². The summed E-state index contributed by atoms with van der Waals surface area (Å²) >= 11 is 5.56. The highest BCUT2D eigenvalue weighted by Gasteiger charge is 2.34. The molecule has 0 atom stereocenters. The van der Waals surface area contributed by atoms with Gasteiger partial charge in [0, 0.05) is 18.1 Å². The van der Waals surface area contributed by atoms with Crippen LogP contribution in [0.15, 0.2) is 18.2 Å². The summed E-state index contributed by atoms with van der Waals surface area (Å²) in [6.45, 7) is -0.444. The van der Waals surface area contributed by atoms with E-state index in [2.05, 4.69) is 0 Å². The van der Waals surface area contributed by atoms with Gasteiger partial charge in [-0.05, 0) is 31.0 Å². The molecular weight excluding hydrogens is 425 g/mol. The smallest absolute Gasteiger partial charge is 0.418 e. The van der Waals surface area contributed by atoms with Gasteiger partial charge in [0.1, 0.15) is 0 Å². The van der Waals surface area contributed by atoms with Crippen molar-refractivity contribution in [3.8, 4) is 0 Å². The van der Waals surface area contributed by atoms with E-state index in [1.807, 2.05) is 5.32 Å². The molecule has 0 unspecified atom stereocenters. The number of halogens is 4. The van der Waals surface area contributed by atoms with E-state index in [1.54, 1.807) is 0 Å². The molecule has 0 radical (unpaired) electrons. The maximum absolute atomic E-state index is 13.0. The van der Waals surface area contributed by atoms with Crippen LogP contribution in [0.1, 0.15) is 18.4 Å². The molecule has 28 heavy (non-hydrogen) atoms. The largest absolute Gasteiger partial charge is 0.455 e. The van der Waals surface area contributed by atoms with Gasteiger partial charge in [0.15, 0.2) is 6.61 Å². The van der Waals surface area contributed by atoms with E-state index in [-0.39, 0.29) is 31.0 Å². The molecule has 1 aromatic carbocycles. The first-order chi connectivity index (χ1) is 12.9. The average Bonchev–Trinajstić information content (AvgIpc) is 2.59. The molecule has 1 N–H and O–H groups in total. The molecule has 0 spiro atoms. The third kappa shape index (κ3) is 6.08. The van der Waals surface area contributed by atoms with Crippen molar-refractivity contribution < 1.29 is 35.9 Å². The van der Waals surface area contributed by atoms with Crippen molar-refractivity contribution in [3.05, 3.63) is 28.8 Å². The number of ether oxygens (including phenoxy) is 1. The molecular formula is C16H18ClF3N2O5S. The summed E-state index contributed by atoms with van der Waals surface area (Å²) in [4.78, 5) is 23.9. The maximum atomic E-state index is 13.0. The number of nitrogens with one attached hydrogen (secondary N) is 1. The number of nitrogens with zero attached hydrogens (tertiary/aromatic N) is 1. The van der Waals surface area contributed by atoms with Crippen LogP contribution in [-0.2, 0) is 30.5 Å². The number of carbonyl (C=O) groups is 2. The van der Waals surface area contributed by atoms with Crippen molar-refractivity contribution >= 4 is 39.2 Å². The highest BCUT2D eigenvalue weighted by Crippen LogP contribution is 2.36. The van der Waals surface area contributed by atoms with Crippen LogP contribution in [-0.4, -0.2) is 50.6 Å². The highest BCUT2D eigenvalue weighted by molar-refractivity contribution is 7.88. The fourth-order valence-electron chi connectivity index (χ4n) is 2.72. The Morgan fingerprint density at radius 3 is 2.43 bits per heavy atom. The lowest BCUT2D eigenvalue weighted by atomic mass is 9.98. The number of hydrogen-bond donors (Lipinski definition) is 1. The van der Waals surface area contributed by atoms with Crippen LogP contribution in [0.2, 0.25) is 5.02 Å². The number of benzene rings is 1. The number of alkyl halides is 3. The van der Waals surface area contributed by atoms with E-state index in [1.165, 1.54) is 10.4 Å². The molecule has 1 heterocycles. The van der Waals surface area contributed by atoms with Crippen LogP contribution in [0.4, 0.5) is 18.9 Å². The summed E-state index contributed by atoms with van der Waals surface area (Å²) in [5.41, 5.74) is -1.62. The molecule has 1 fully saturated rings. The summed E-state index contributed by atoms with van der Waals surface area (Å²) in [6, 6.07) is 2.87. The van der Waals surface area contributed by atoms with E-state index < -0.39 is 51.9 Å². The molecule has 1 amide bonds. The topological polar surface area (TPSA) is 92.8 Å². The fraction of sp³-hybridized carbons (Fsp3) is 0.500. The van der Waals surface area contributed by atoms with Gasteiger partial charge in [0.25, 0.3) is 5.91 Å². The molecule has 0 bridgehead atoms. The molecule has 12 heteroatoms. The number of rotatable bonds is 5. The van der Waals surface area contributed by atoms with Gasteiger partial charge in [0.05, 0.1) is 23.4 Å². The second-order valence-corrected chi connectivity index (χ2v) is 8.70. The quantitative estimate of drug-likeness (QED) is 0.707. The van der Waals surface area contributed by atoms with Gasteiger partial charge in [-0.2, -0.15) is 13.2 Å². The summed E-state index contributed by atoms with van der Waals surface area (Å²) in [7, 11) is -3.34. The number of piperidine rings is 1. The Morgan fingerprint density at radius 1 is 1.29 bits per heavy atom. The molecule has 156 valence electrons. The SMILES string of the molecule is CS(=O)(=O)N1CCC(C(=O)OCC(=O)Nc2ccc(Cl)cc2C(F)(F)F)CC1. The Balaban J connectivity index is 1.89. The number of amides is 1. The maximum Gasteiger partial charge on any atom is 0.418 e. The summed E-state index contributed by atoms with van der Waals surface area (Å²) in [6.07, 6.45) is -3.18. The lowest BCUT2D eigenvalue weighted by molar-refractivity contribution is -0.152. The predicted octanol–water partition coefficient (Wildman–Crippen LogP) is 2.51. The Bertz CT molecular complexity index is 852. The molecule has 1 aliphatic heterocycles. The van der Waals surface area contributed by atoms with Crippen LogP contribution in [0.5, 0.6) is 0 Å². The lowest BCUT2D eigenvalue weighted by Crippen LogP contribution is -2.40. The van der Waals surface area contributed by atoms with E-state index in [0.717, 1.165) is 12.3 Å². The van der Waals surface area contributed by atoms with Crippen molar-refractivity contribution in [1.82, 2.24) is 4.31 Å². The third-order valence-corrected chi connectivity index (χ3v) is 5.70. The van der Waals surface area contributed by atoms with Gasteiger partial charge in [-0.15, -0.1) is 0 Å². The van der Waals surface area contributed by atoms with Gasteiger partial charge in [-0.25, -0.2) is 12.7 Å². The average molecular weight is 443 g/mol. The van der Waals surface area contributed by atoms with Crippen molar-refractivity contribution in [2.45, 2.75) is 19.0 Å². The zero-order valence-electron chi connectivity index (χ0n) is 14.8. The molecule has 1 saturated heterocycles. The Kier molecular flexibility index (Phi) is 6.94. The minimum Gasteiger partial charge on any atom is -0.455 e. The van der Waals surface area contributed by atoms with Crippen LogP contribution in [0, 0.1) is 5.92 Å². The van der Waals surface area contributed by atoms with Crippen molar-refractivity contribution in [3.63, 3.8) is 0 Å². The minimum absolute atomic E-state index is 0.141. The van der Waals surface area contributed by atoms with Gasteiger partial charge in [0.2, 0.25) is 10.0 Å². The van der Waals surface area contributed by atoms with Crippen LogP contribution >= 0.6 is 11.6 Å². The fourth-order valence-corrected chi connectivity index (χ4v) is 3.77. The second kappa shape index (κ2) is 8.66. The Morgan fingerprint density at radius 2 is 1.89 bits per heavy atom. The normalized spacial score (nSPS) is 16.6. The van der Waals surface area contributed by atoms with E-state index in [9.17, 15) is 31.2 Å². The van der Waals surface area contributed by atoms with Gasteiger partial charge in [-0.1, -0.05) is 11.6 Å².